The van der Waals surface area contributed by atoms with Crippen molar-refractivity contribution in [3.05, 3.63) is 47.5 Å². The number of unbranched alkanes of at least 4 members (excludes halogenated alkanes) is 2. The lowest BCUT2D eigenvalue weighted by molar-refractivity contribution is -0.0209. The van der Waals surface area contributed by atoms with Crippen LogP contribution < -0.4 is 0 Å². The molecule has 4 heteroatoms. The molecule has 0 heterocycles. The van der Waals surface area contributed by atoms with Gasteiger partial charge in [-0.2, -0.15) is 0 Å². The van der Waals surface area contributed by atoms with Crippen molar-refractivity contribution < 1.29 is 14.3 Å². The lowest BCUT2D eigenvalue weighted by Gasteiger charge is -2.36. The molecule has 0 radical (unpaired) electrons. The first-order valence-corrected chi connectivity index (χ1v) is 15.4. The predicted octanol–water partition coefficient (Wildman–Crippen LogP) is 7.51. The summed E-state index contributed by atoms with van der Waals surface area (Å²) in [6.45, 7) is 19.3. The fourth-order valence-corrected chi connectivity index (χ4v) is 4.23. The highest BCUT2D eigenvalue weighted by Gasteiger charge is 2.36. The Morgan fingerprint density at radius 1 is 1.09 bits per heavy atom. The van der Waals surface area contributed by atoms with Crippen LogP contribution in [-0.4, -0.2) is 32.7 Å². The molecule has 0 saturated carbocycles. The molecule has 33 heavy (non-hydrogen) atoms. The fraction of sp³-hybridized carbons (Fsp3) is 0.655. The Morgan fingerprint density at radius 3 is 2.36 bits per heavy atom. The van der Waals surface area contributed by atoms with Gasteiger partial charge in [0.2, 0.25) is 0 Å². The van der Waals surface area contributed by atoms with E-state index in [1.165, 1.54) is 5.57 Å². The number of aliphatic hydroxyl groups excluding tert-OH is 1. The molecule has 0 saturated heterocycles. The van der Waals surface area contributed by atoms with Crippen LogP contribution in [0.3, 0.4) is 0 Å². The maximum absolute atomic E-state index is 11.0. The van der Waals surface area contributed by atoms with Gasteiger partial charge in [0.25, 0.3) is 0 Å². The molecule has 1 aromatic rings. The third-order valence-corrected chi connectivity index (χ3v) is 11.2. The average molecular weight is 473 g/mol. The van der Waals surface area contributed by atoms with Crippen molar-refractivity contribution in [1.82, 2.24) is 0 Å². The third-order valence-electron chi connectivity index (χ3n) is 6.68. The van der Waals surface area contributed by atoms with Gasteiger partial charge in [-0.15, -0.1) is 5.92 Å². The molecule has 0 spiro atoms. The lowest BCUT2D eigenvalue weighted by atomic mass is 9.80. The van der Waals surface area contributed by atoms with Gasteiger partial charge in [-0.05, 0) is 70.2 Å². The molecule has 3 nitrogen and oxygen atoms in total. The van der Waals surface area contributed by atoms with Gasteiger partial charge in [-0.3, -0.25) is 0 Å². The van der Waals surface area contributed by atoms with Crippen molar-refractivity contribution in [2.24, 2.45) is 5.41 Å². The SMILES string of the molecule is CC(C)=CCC[C@@](C)(C#CCCCCO[Si](C)(C)C(C)(C)C)[C@@H](O)COCc1ccccc1. The van der Waals surface area contributed by atoms with Crippen molar-refractivity contribution in [3.8, 4) is 11.8 Å². The van der Waals surface area contributed by atoms with E-state index in [9.17, 15) is 5.11 Å². The summed E-state index contributed by atoms with van der Waals surface area (Å²) in [5, 5.41) is 11.2. The number of rotatable bonds is 13. The molecule has 0 bridgehead atoms. The summed E-state index contributed by atoms with van der Waals surface area (Å²) in [4.78, 5) is 0. The van der Waals surface area contributed by atoms with Gasteiger partial charge in [0, 0.05) is 13.0 Å². The molecular formula is C29H48O3Si. The van der Waals surface area contributed by atoms with Crippen molar-refractivity contribution in [2.45, 2.75) is 104 Å². The van der Waals surface area contributed by atoms with Crippen LogP contribution in [0.4, 0.5) is 0 Å². The minimum atomic E-state index is -1.67. The highest BCUT2D eigenvalue weighted by molar-refractivity contribution is 6.74. The minimum Gasteiger partial charge on any atom is -0.417 e. The summed E-state index contributed by atoms with van der Waals surface area (Å²) in [6, 6.07) is 10.1. The second kappa shape index (κ2) is 14.1. The molecule has 1 rings (SSSR count). The number of aliphatic hydroxyl groups is 1. The highest BCUT2D eigenvalue weighted by Crippen LogP contribution is 2.36. The molecule has 0 aliphatic rings. The molecule has 0 amide bonds. The highest BCUT2D eigenvalue weighted by atomic mass is 28.4. The summed E-state index contributed by atoms with van der Waals surface area (Å²) in [5.41, 5.74) is 1.92. The van der Waals surface area contributed by atoms with E-state index in [2.05, 4.69) is 72.6 Å². The van der Waals surface area contributed by atoms with Crippen LogP contribution in [0.15, 0.2) is 42.0 Å². The number of hydrogen-bond acceptors (Lipinski definition) is 3. The van der Waals surface area contributed by atoms with E-state index in [-0.39, 0.29) is 11.6 Å². The fourth-order valence-electron chi connectivity index (χ4n) is 3.14. The van der Waals surface area contributed by atoms with Crippen LogP contribution in [0.5, 0.6) is 0 Å². The lowest BCUT2D eigenvalue weighted by Crippen LogP contribution is -2.40. The molecule has 0 fully saturated rings. The summed E-state index contributed by atoms with van der Waals surface area (Å²) < 4.78 is 12.1. The Labute approximate surface area is 205 Å². The number of ether oxygens (including phenoxy) is 1. The van der Waals surface area contributed by atoms with Crippen LogP contribution in [-0.2, 0) is 15.8 Å². The van der Waals surface area contributed by atoms with Crippen molar-refractivity contribution in [2.75, 3.05) is 13.2 Å². The van der Waals surface area contributed by atoms with E-state index in [0.717, 1.165) is 44.3 Å². The van der Waals surface area contributed by atoms with E-state index in [1.807, 2.05) is 30.3 Å². The number of hydrogen-bond donors (Lipinski definition) is 1. The van der Waals surface area contributed by atoms with E-state index in [1.54, 1.807) is 0 Å². The van der Waals surface area contributed by atoms with E-state index < -0.39 is 19.8 Å². The Morgan fingerprint density at radius 2 is 1.76 bits per heavy atom. The van der Waals surface area contributed by atoms with Crippen LogP contribution >= 0.6 is 0 Å². The first-order chi connectivity index (χ1) is 15.4. The standard InChI is InChI=1S/C29H48O3Si/c1-25(2)17-16-21-29(6,27(30)24-31-23-26-18-12-11-13-19-26)20-14-9-10-15-22-32-33(7,8)28(3,4)5/h11-13,17-19,27,30H,9-10,15-16,21-24H2,1-8H3/t27-,29+/m0/s1. The Kier molecular flexibility index (Phi) is 12.7. The van der Waals surface area contributed by atoms with Gasteiger partial charge >= 0.3 is 0 Å². The molecule has 0 aromatic heterocycles. The van der Waals surface area contributed by atoms with E-state index in [0.29, 0.717) is 6.61 Å². The zero-order valence-electron chi connectivity index (χ0n) is 22.5. The van der Waals surface area contributed by atoms with E-state index in [4.69, 9.17) is 9.16 Å². The van der Waals surface area contributed by atoms with Gasteiger partial charge in [0.05, 0.1) is 24.7 Å². The largest absolute Gasteiger partial charge is 0.417 e. The normalized spacial score (nSPS) is 14.7. The number of allylic oxidation sites excluding steroid dienone is 2. The summed E-state index contributed by atoms with van der Waals surface area (Å²) in [6.07, 6.45) is 6.19. The van der Waals surface area contributed by atoms with Crippen LogP contribution in [0.1, 0.15) is 79.2 Å². The molecular weight excluding hydrogens is 424 g/mol. The minimum absolute atomic E-state index is 0.249. The smallest absolute Gasteiger partial charge is 0.191 e. The molecule has 0 unspecified atom stereocenters. The van der Waals surface area contributed by atoms with Gasteiger partial charge in [0.15, 0.2) is 8.32 Å². The third kappa shape index (κ3) is 11.5. The van der Waals surface area contributed by atoms with Crippen LogP contribution in [0, 0.1) is 17.3 Å². The zero-order valence-corrected chi connectivity index (χ0v) is 23.5. The molecule has 186 valence electrons. The molecule has 1 N–H and O–H groups in total. The van der Waals surface area contributed by atoms with Crippen molar-refractivity contribution >= 4 is 8.32 Å². The van der Waals surface area contributed by atoms with Gasteiger partial charge in [-0.25, -0.2) is 0 Å². The maximum Gasteiger partial charge on any atom is 0.191 e. The molecule has 2 atom stereocenters. The van der Waals surface area contributed by atoms with Crippen LogP contribution in [0.2, 0.25) is 18.1 Å². The van der Waals surface area contributed by atoms with Crippen molar-refractivity contribution in [1.29, 1.82) is 0 Å². The Bertz CT molecular complexity index is 764. The topological polar surface area (TPSA) is 38.7 Å². The van der Waals surface area contributed by atoms with Gasteiger partial charge < -0.3 is 14.3 Å². The summed E-state index contributed by atoms with van der Waals surface area (Å²) in [7, 11) is -1.67. The van der Waals surface area contributed by atoms with Crippen molar-refractivity contribution in [3.63, 3.8) is 0 Å². The average Bonchev–Trinajstić information content (AvgIpc) is 2.72. The second-order valence-corrected chi connectivity index (χ2v) is 15.9. The molecule has 1 aromatic carbocycles. The number of benzene rings is 1. The van der Waals surface area contributed by atoms with E-state index >= 15 is 0 Å². The van der Waals surface area contributed by atoms with Crippen LogP contribution in [0.25, 0.3) is 0 Å². The zero-order chi connectivity index (χ0) is 25.0. The maximum atomic E-state index is 11.0. The predicted molar refractivity (Wildman–Crippen MR) is 144 cm³/mol. The Hall–Kier alpha value is -1.38. The summed E-state index contributed by atoms with van der Waals surface area (Å²) >= 11 is 0. The first kappa shape index (κ1) is 29.6. The summed E-state index contributed by atoms with van der Waals surface area (Å²) in [5.74, 6) is 6.76. The van der Waals surface area contributed by atoms with Gasteiger partial charge in [-0.1, -0.05) is 68.7 Å². The first-order valence-electron chi connectivity index (χ1n) is 12.4. The quantitative estimate of drug-likeness (QED) is 0.140. The Balaban J connectivity index is 2.59. The molecule has 0 aliphatic heterocycles. The second-order valence-electron chi connectivity index (χ2n) is 11.1. The molecule has 0 aliphatic carbocycles. The van der Waals surface area contributed by atoms with Gasteiger partial charge in [0.1, 0.15) is 0 Å². The monoisotopic (exact) mass is 472 g/mol.